The molecule has 1 fully saturated rings. The van der Waals surface area contributed by atoms with Crippen LogP contribution in [0.5, 0.6) is 17.4 Å². The fraction of sp³-hybridized carbons (Fsp3) is 0.371. The van der Waals surface area contributed by atoms with E-state index in [9.17, 15) is 0 Å². The summed E-state index contributed by atoms with van der Waals surface area (Å²) in [5.41, 5.74) is 4.70. The largest absolute Gasteiger partial charge is 0.491 e. The van der Waals surface area contributed by atoms with E-state index in [0.29, 0.717) is 17.6 Å². The van der Waals surface area contributed by atoms with Crippen molar-refractivity contribution in [3.63, 3.8) is 0 Å². The Morgan fingerprint density at radius 2 is 1.41 bits per heavy atom. The van der Waals surface area contributed by atoms with E-state index in [1.54, 1.807) is 0 Å². The molecule has 0 N–H and O–H groups in total. The lowest BCUT2D eigenvalue weighted by molar-refractivity contribution is 0.127. The summed E-state index contributed by atoms with van der Waals surface area (Å²) in [5.74, 6) is 3.54. The third kappa shape index (κ3) is 6.16. The Labute approximate surface area is 233 Å². The van der Waals surface area contributed by atoms with E-state index in [1.807, 2.05) is 43.3 Å². The van der Waals surface area contributed by atoms with Gasteiger partial charge in [-0.3, -0.25) is 0 Å². The topological polar surface area (TPSA) is 44.2 Å². The molecule has 3 aromatic carbocycles. The first-order valence-corrected chi connectivity index (χ1v) is 14.1. The zero-order chi connectivity index (χ0) is 27.6. The zero-order valence-corrected chi connectivity index (χ0v) is 24.1. The van der Waals surface area contributed by atoms with Crippen LogP contribution in [0.15, 0.2) is 84.9 Å². The second-order valence-corrected chi connectivity index (χ2v) is 12.3. The molecule has 2 atom stereocenters. The maximum atomic E-state index is 6.25. The summed E-state index contributed by atoms with van der Waals surface area (Å²) in [5, 5.41) is 0. The van der Waals surface area contributed by atoms with Crippen molar-refractivity contribution < 1.29 is 9.47 Å². The Hall–Kier alpha value is -3.66. The third-order valence-corrected chi connectivity index (χ3v) is 7.65. The maximum Gasteiger partial charge on any atom is 0.223 e. The van der Waals surface area contributed by atoms with E-state index in [4.69, 9.17) is 9.47 Å². The van der Waals surface area contributed by atoms with Gasteiger partial charge >= 0.3 is 0 Å². The Kier molecular flexibility index (Phi) is 7.48. The predicted molar refractivity (Wildman–Crippen MR) is 159 cm³/mol. The number of hydrogen-bond acceptors (Lipinski definition) is 4. The molecule has 0 bridgehead atoms. The van der Waals surface area contributed by atoms with Gasteiger partial charge in [0.1, 0.15) is 11.5 Å². The van der Waals surface area contributed by atoms with Crippen LogP contribution in [0.3, 0.4) is 0 Å². The van der Waals surface area contributed by atoms with Gasteiger partial charge in [0.15, 0.2) is 5.82 Å². The van der Waals surface area contributed by atoms with Crippen LogP contribution < -0.4 is 9.47 Å². The van der Waals surface area contributed by atoms with Crippen molar-refractivity contribution in [3.05, 3.63) is 102 Å². The first kappa shape index (κ1) is 26.9. The van der Waals surface area contributed by atoms with E-state index < -0.39 is 0 Å². The van der Waals surface area contributed by atoms with Crippen molar-refractivity contribution in [2.45, 2.75) is 72.3 Å². The molecule has 4 nitrogen and oxygen atoms in total. The van der Waals surface area contributed by atoms with Gasteiger partial charge in [0.25, 0.3) is 0 Å². The van der Waals surface area contributed by atoms with Crippen molar-refractivity contribution in [3.8, 4) is 28.8 Å². The molecule has 4 aromatic rings. The monoisotopic (exact) mass is 520 g/mol. The molecule has 1 aromatic heterocycles. The summed E-state index contributed by atoms with van der Waals surface area (Å²) in [4.78, 5) is 9.29. The minimum absolute atomic E-state index is 0.0674. The van der Waals surface area contributed by atoms with Crippen LogP contribution in [0.25, 0.3) is 11.4 Å². The van der Waals surface area contributed by atoms with E-state index in [-0.39, 0.29) is 16.9 Å². The van der Waals surface area contributed by atoms with Gasteiger partial charge in [0.2, 0.25) is 5.88 Å². The number of benzene rings is 3. The number of rotatable bonds is 7. The molecule has 2 unspecified atom stereocenters. The van der Waals surface area contributed by atoms with Crippen molar-refractivity contribution in [2.24, 2.45) is 11.3 Å². The highest BCUT2D eigenvalue weighted by atomic mass is 16.5. The summed E-state index contributed by atoms with van der Waals surface area (Å²) in [6.45, 7) is 13.3. The first-order valence-electron chi connectivity index (χ1n) is 14.1. The van der Waals surface area contributed by atoms with E-state index in [1.165, 1.54) is 17.5 Å². The Morgan fingerprint density at radius 3 is 2.00 bits per heavy atom. The minimum atomic E-state index is -0.0674. The average Bonchev–Trinajstić information content (AvgIpc) is 2.88. The second kappa shape index (κ2) is 10.8. The molecular formula is C35H40N2O2. The highest BCUT2D eigenvalue weighted by Gasteiger charge is 2.45. The van der Waals surface area contributed by atoms with Crippen molar-refractivity contribution in [2.75, 3.05) is 0 Å². The van der Waals surface area contributed by atoms with Crippen LogP contribution in [0.2, 0.25) is 0 Å². The zero-order valence-electron chi connectivity index (χ0n) is 24.1. The molecule has 5 rings (SSSR count). The molecule has 1 aliphatic rings. The number of aromatic nitrogens is 2. The molecule has 0 spiro atoms. The van der Waals surface area contributed by atoms with Crippen LogP contribution in [0.4, 0.5) is 0 Å². The molecule has 39 heavy (non-hydrogen) atoms. The lowest BCUT2D eigenvalue weighted by Crippen LogP contribution is -2.41. The number of hydrogen-bond donors (Lipinski definition) is 0. The highest BCUT2D eigenvalue weighted by Crippen LogP contribution is 2.53. The predicted octanol–water partition coefficient (Wildman–Crippen LogP) is 9.16. The fourth-order valence-corrected chi connectivity index (χ4v) is 6.57. The molecule has 0 radical (unpaired) electrons. The Morgan fingerprint density at radius 1 is 0.795 bits per heavy atom. The SMILES string of the molecule is Cc1cc(Oc2ccc(C3(c4ccc(OC(C)C)cc4)CC(C)CC(C)(C)C3)cc2)nc(-c2ccccc2)n1. The standard InChI is InChI=1S/C35H40N2O2/c1-24(2)38-30-16-12-28(13-17-30)35(22-25(3)21-34(5,6)23-35)29-14-18-31(19-15-29)39-32-20-26(4)36-33(37-32)27-10-8-7-9-11-27/h7-20,24-25H,21-23H2,1-6H3. The summed E-state index contributed by atoms with van der Waals surface area (Å²) in [6, 6.07) is 29.3. The third-order valence-electron chi connectivity index (χ3n) is 7.65. The van der Waals surface area contributed by atoms with Crippen LogP contribution in [0, 0.1) is 18.3 Å². The Balaban J connectivity index is 1.46. The number of nitrogens with zero attached hydrogens (tertiary/aromatic N) is 2. The molecule has 202 valence electrons. The molecule has 1 aliphatic carbocycles. The molecule has 0 aliphatic heterocycles. The van der Waals surface area contributed by atoms with Crippen LogP contribution in [0.1, 0.15) is 70.7 Å². The van der Waals surface area contributed by atoms with Gasteiger partial charge in [-0.2, -0.15) is 4.98 Å². The van der Waals surface area contributed by atoms with Crippen LogP contribution in [-0.4, -0.2) is 16.1 Å². The maximum absolute atomic E-state index is 6.25. The first-order chi connectivity index (χ1) is 18.6. The quantitative estimate of drug-likeness (QED) is 0.244. The summed E-state index contributed by atoms with van der Waals surface area (Å²) < 4.78 is 12.2. The average molecular weight is 521 g/mol. The van der Waals surface area contributed by atoms with Gasteiger partial charge in [-0.25, -0.2) is 4.98 Å². The van der Waals surface area contributed by atoms with Crippen molar-refractivity contribution >= 4 is 0 Å². The number of ether oxygens (including phenoxy) is 2. The molecule has 4 heteroatoms. The lowest BCUT2D eigenvalue weighted by atomic mass is 9.55. The molecular weight excluding hydrogens is 480 g/mol. The fourth-order valence-electron chi connectivity index (χ4n) is 6.57. The summed E-state index contributed by atoms with van der Waals surface area (Å²) >= 11 is 0. The number of aryl methyl sites for hydroxylation is 1. The summed E-state index contributed by atoms with van der Waals surface area (Å²) in [7, 11) is 0. The minimum Gasteiger partial charge on any atom is -0.491 e. The van der Waals surface area contributed by atoms with Crippen molar-refractivity contribution in [1.82, 2.24) is 9.97 Å². The van der Waals surface area contributed by atoms with Gasteiger partial charge in [-0.1, -0.05) is 75.4 Å². The van der Waals surface area contributed by atoms with Crippen LogP contribution in [-0.2, 0) is 5.41 Å². The molecule has 0 amide bonds. The van der Waals surface area contributed by atoms with E-state index in [0.717, 1.165) is 35.6 Å². The van der Waals surface area contributed by atoms with Crippen LogP contribution >= 0.6 is 0 Å². The normalized spacial score (nSPS) is 20.5. The van der Waals surface area contributed by atoms with Gasteiger partial charge < -0.3 is 9.47 Å². The van der Waals surface area contributed by atoms with Crippen molar-refractivity contribution in [1.29, 1.82) is 0 Å². The van der Waals surface area contributed by atoms with Gasteiger partial charge in [0.05, 0.1) is 6.10 Å². The second-order valence-electron chi connectivity index (χ2n) is 12.3. The van der Waals surface area contributed by atoms with E-state index >= 15 is 0 Å². The molecule has 1 saturated carbocycles. The highest BCUT2D eigenvalue weighted by molar-refractivity contribution is 5.55. The smallest absolute Gasteiger partial charge is 0.223 e. The Bertz CT molecular complexity index is 1400. The van der Waals surface area contributed by atoms with Gasteiger partial charge in [-0.15, -0.1) is 0 Å². The van der Waals surface area contributed by atoms with Gasteiger partial charge in [0, 0.05) is 22.7 Å². The lowest BCUT2D eigenvalue weighted by Gasteiger charge is -2.48. The molecule has 1 heterocycles. The van der Waals surface area contributed by atoms with E-state index in [2.05, 4.69) is 93.1 Å². The van der Waals surface area contributed by atoms with Gasteiger partial charge in [-0.05, 0) is 86.8 Å². The molecule has 0 saturated heterocycles. The summed E-state index contributed by atoms with van der Waals surface area (Å²) in [6.07, 6.45) is 3.61.